The molecule has 0 aliphatic heterocycles. The molecule has 1 aliphatic rings. The first-order chi connectivity index (χ1) is 9.93. The summed E-state index contributed by atoms with van der Waals surface area (Å²) in [5.74, 6) is 1.43. The minimum absolute atomic E-state index is 0.166. The van der Waals surface area contributed by atoms with Crippen LogP contribution in [0.4, 0.5) is 5.69 Å². The van der Waals surface area contributed by atoms with Crippen LogP contribution in [-0.4, -0.2) is 26.7 Å². The second-order valence-corrected chi connectivity index (χ2v) is 5.99. The molecule has 21 heavy (non-hydrogen) atoms. The molecular weight excluding hydrogens is 268 g/mol. The average molecular weight is 292 g/mol. The Bertz CT molecular complexity index is 537. The molecule has 0 radical (unpaired) electrons. The number of nitrogens with one attached hydrogen (secondary N) is 1. The Kier molecular flexibility index (Phi) is 4.30. The van der Waals surface area contributed by atoms with Crippen LogP contribution in [0.2, 0.25) is 0 Å². The number of carbonyl (C=O) groups excluding carboxylic acids is 1. The molecule has 0 unspecified atom stereocenters. The maximum Gasteiger partial charge on any atom is 0.253 e. The lowest BCUT2D eigenvalue weighted by Gasteiger charge is -2.20. The van der Waals surface area contributed by atoms with Crippen LogP contribution in [0.15, 0.2) is 12.1 Å². The molecule has 2 rings (SSSR count). The van der Waals surface area contributed by atoms with E-state index in [0.717, 1.165) is 0 Å². The highest BCUT2D eigenvalue weighted by Gasteiger charge is 2.45. The van der Waals surface area contributed by atoms with Crippen molar-refractivity contribution in [3.8, 4) is 11.5 Å². The molecule has 1 aliphatic carbocycles. The topological polar surface area (TPSA) is 73.6 Å². The van der Waals surface area contributed by atoms with Crippen molar-refractivity contribution in [3.05, 3.63) is 17.7 Å². The number of hydrogen-bond donors (Lipinski definition) is 2. The van der Waals surface area contributed by atoms with Gasteiger partial charge >= 0.3 is 0 Å². The predicted molar refractivity (Wildman–Crippen MR) is 82.8 cm³/mol. The van der Waals surface area contributed by atoms with Gasteiger partial charge in [-0.2, -0.15) is 0 Å². The van der Waals surface area contributed by atoms with Gasteiger partial charge in [0.05, 0.1) is 19.8 Å². The summed E-state index contributed by atoms with van der Waals surface area (Å²) in [4.78, 5) is 12.3. The molecule has 5 heteroatoms. The third-order valence-electron chi connectivity index (χ3n) is 4.52. The normalized spacial score (nSPS) is 15.7. The van der Waals surface area contributed by atoms with Crippen LogP contribution in [0.3, 0.4) is 0 Å². The predicted octanol–water partition coefficient (Wildman–Crippen LogP) is 2.45. The largest absolute Gasteiger partial charge is 0.493 e. The molecule has 1 amide bonds. The van der Waals surface area contributed by atoms with E-state index in [1.165, 1.54) is 27.1 Å². The van der Waals surface area contributed by atoms with Crippen LogP contribution in [0, 0.1) is 11.3 Å². The molecule has 1 aromatic carbocycles. The SMILES string of the molecule is COc1cc(N)c(C(=O)NCC2(C(C)C)CC2)cc1OC. The highest BCUT2D eigenvalue weighted by atomic mass is 16.5. The first-order valence-corrected chi connectivity index (χ1v) is 7.23. The highest BCUT2D eigenvalue weighted by Crippen LogP contribution is 2.51. The van der Waals surface area contributed by atoms with E-state index in [4.69, 9.17) is 15.2 Å². The quantitative estimate of drug-likeness (QED) is 0.790. The van der Waals surface area contributed by atoms with E-state index in [2.05, 4.69) is 19.2 Å². The van der Waals surface area contributed by atoms with E-state index < -0.39 is 0 Å². The number of nitrogen functional groups attached to an aromatic ring is 1. The summed E-state index contributed by atoms with van der Waals surface area (Å²) in [5, 5.41) is 3.00. The third kappa shape index (κ3) is 3.06. The number of amides is 1. The molecule has 0 atom stereocenters. The van der Waals surface area contributed by atoms with Gasteiger partial charge in [-0.25, -0.2) is 0 Å². The summed E-state index contributed by atoms with van der Waals surface area (Å²) in [6, 6.07) is 3.24. The summed E-state index contributed by atoms with van der Waals surface area (Å²) in [6.07, 6.45) is 2.35. The number of ether oxygens (including phenoxy) is 2. The lowest BCUT2D eigenvalue weighted by atomic mass is 9.92. The number of nitrogens with two attached hydrogens (primary N) is 1. The number of carbonyl (C=O) groups is 1. The van der Waals surface area contributed by atoms with Crippen molar-refractivity contribution in [2.24, 2.45) is 11.3 Å². The van der Waals surface area contributed by atoms with E-state index in [9.17, 15) is 4.79 Å². The van der Waals surface area contributed by atoms with Crippen molar-refractivity contribution in [2.75, 3.05) is 26.5 Å². The van der Waals surface area contributed by atoms with E-state index >= 15 is 0 Å². The van der Waals surface area contributed by atoms with Gasteiger partial charge in [-0.1, -0.05) is 13.8 Å². The number of rotatable bonds is 6. The number of hydrogen-bond acceptors (Lipinski definition) is 4. The second kappa shape index (κ2) is 5.84. The fraction of sp³-hybridized carbons (Fsp3) is 0.562. The average Bonchev–Trinajstić information content (AvgIpc) is 3.25. The van der Waals surface area contributed by atoms with Crippen molar-refractivity contribution in [1.29, 1.82) is 0 Å². The summed E-state index contributed by atoms with van der Waals surface area (Å²) in [5.41, 5.74) is 7.02. The van der Waals surface area contributed by atoms with Gasteiger partial charge in [0.1, 0.15) is 0 Å². The van der Waals surface area contributed by atoms with Crippen LogP contribution in [0.25, 0.3) is 0 Å². The zero-order valence-corrected chi connectivity index (χ0v) is 13.2. The smallest absolute Gasteiger partial charge is 0.253 e. The van der Waals surface area contributed by atoms with Gasteiger partial charge in [0.15, 0.2) is 11.5 Å². The van der Waals surface area contributed by atoms with E-state index in [1.807, 2.05) is 0 Å². The Labute approximate surface area is 125 Å². The maximum atomic E-state index is 12.3. The molecule has 0 aromatic heterocycles. The lowest BCUT2D eigenvalue weighted by Crippen LogP contribution is -2.33. The van der Waals surface area contributed by atoms with Gasteiger partial charge in [-0.15, -0.1) is 0 Å². The van der Waals surface area contributed by atoms with Crippen LogP contribution in [-0.2, 0) is 0 Å². The minimum Gasteiger partial charge on any atom is -0.493 e. The van der Waals surface area contributed by atoms with Crippen molar-refractivity contribution in [1.82, 2.24) is 5.32 Å². The second-order valence-electron chi connectivity index (χ2n) is 5.99. The zero-order valence-electron chi connectivity index (χ0n) is 13.2. The van der Waals surface area contributed by atoms with E-state index in [1.54, 1.807) is 12.1 Å². The molecule has 0 bridgehead atoms. The molecule has 0 heterocycles. The summed E-state index contributed by atoms with van der Waals surface area (Å²) in [7, 11) is 3.07. The van der Waals surface area contributed by atoms with Crippen molar-refractivity contribution < 1.29 is 14.3 Å². The molecule has 1 saturated carbocycles. The number of benzene rings is 1. The van der Waals surface area contributed by atoms with Crippen LogP contribution < -0.4 is 20.5 Å². The number of anilines is 1. The van der Waals surface area contributed by atoms with Gasteiger partial charge in [0, 0.05) is 18.3 Å². The van der Waals surface area contributed by atoms with Gasteiger partial charge < -0.3 is 20.5 Å². The summed E-state index contributed by atoms with van der Waals surface area (Å²) >= 11 is 0. The van der Waals surface area contributed by atoms with Gasteiger partial charge in [0.25, 0.3) is 5.91 Å². The van der Waals surface area contributed by atoms with Gasteiger partial charge in [-0.05, 0) is 30.2 Å². The first kappa shape index (κ1) is 15.5. The summed E-state index contributed by atoms with van der Waals surface area (Å²) < 4.78 is 10.4. The van der Waals surface area contributed by atoms with Gasteiger partial charge in [-0.3, -0.25) is 4.79 Å². The number of methoxy groups -OCH3 is 2. The lowest BCUT2D eigenvalue weighted by molar-refractivity contribution is 0.0940. The standard InChI is InChI=1S/C16H24N2O3/c1-10(2)16(5-6-16)9-18-15(19)11-7-13(20-3)14(21-4)8-12(11)17/h7-8,10H,5-6,9,17H2,1-4H3,(H,18,19). The van der Waals surface area contributed by atoms with Crippen LogP contribution in [0.5, 0.6) is 11.5 Å². The van der Waals surface area contributed by atoms with Crippen molar-refractivity contribution in [3.63, 3.8) is 0 Å². The summed E-state index contributed by atoms with van der Waals surface area (Å²) in [6.45, 7) is 5.09. The molecule has 0 saturated heterocycles. The molecule has 1 aromatic rings. The third-order valence-corrected chi connectivity index (χ3v) is 4.52. The molecule has 0 spiro atoms. The fourth-order valence-corrected chi connectivity index (χ4v) is 2.56. The Hall–Kier alpha value is -1.91. The molecule has 116 valence electrons. The Morgan fingerprint density at radius 3 is 2.33 bits per heavy atom. The molecular formula is C16H24N2O3. The zero-order chi connectivity index (χ0) is 15.6. The fourth-order valence-electron chi connectivity index (χ4n) is 2.56. The Morgan fingerprint density at radius 1 is 1.29 bits per heavy atom. The molecule has 5 nitrogen and oxygen atoms in total. The van der Waals surface area contributed by atoms with Crippen LogP contribution >= 0.6 is 0 Å². The molecule has 1 fully saturated rings. The monoisotopic (exact) mass is 292 g/mol. The van der Waals surface area contributed by atoms with Crippen molar-refractivity contribution >= 4 is 11.6 Å². The highest BCUT2D eigenvalue weighted by molar-refractivity contribution is 6.00. The van der Waals surface area contributed by atoms with Crippen LogP contribution in [0.1, 0.15) is 37.0 Å². The van der Waals surface area contributed by atoms with Gasteiger partial charge in [0.2, 0.25) is 0 Å². The van der Waals surface area contributed by atoms with E-state index in [0.29, 0.717) is 35.2 Å². The first-order valence-electron chi connectivity index (χ1n) is 7.23. The Balaban J connectivity index is 2.12. The van der Waals surface area contributed by atoms with E-state index in [-0.39, 0.29) is 11.3 Å². The maximum absolute atomic E-state index is 12.3. The Morgan fingerprint density at radius 2 is 1.86 bits per heavy atom. The minimum atomic E-state index is -0.166. The van der Waals surface area contributed by atoms with Crippen molar-refractivity contribution in [2.45, 2.75) is 26.7 Å². The molecule has 3 N–H and O–H groups in total.